The molecule has 165 valence electrons. The quantitative estimate of drug-likeness (QED) is 0.328. The monoisotopic (exact) mass is 465 g/mol. The first-order chi connectivity index (χ1) is 15.8. The van der Waals surface area contributed by atoms with Gasteiger partial charge in [-0.1, -0.05) is 30.3 Å². The lowest BCUT2D eigenvalue weighted by Gasteiger charge is -2.15. The summed E-state index contributed by atoms with van der Waals surface area (Å²) in [5, 5.41) is 3.26. The van der Waals surface area contributed by atoms with Gasteiger partial charge in [-0.15, -0.1) is 24.5 Å². The van der Waals surface area contributed by atoms with Crippen molar-refractivity contribution in [2.75, 3.05) is 0 Å². The van der Waals surface area contributed by atoms with Crippen molar-refractivity contribution in [3.63, 3.8) is 0 Å². The Morgan fingerprint density at radius 2 is 1.88 bits per heavy atom. The highest BCUT2D eigenvalue weighted by Crippen LogP contribution is 2.37. The number of nitrogens with zero attached hydrogens (tertiary/aromatic N) is 1. The van der Waals surface area contributed by atoms with E-state index < -0.39 is 12.3 Å². The number of rotatable bonds is 5. The number of hydrogen-bond donors (Lipinski definition) is 1. The average Bonchev–Trinajstić information content (AvgIpc) is 3.41. The molecule has 33 heavy (non-hydrogen) atoms. The number of primary amides is 1. The largest absolute Gasteiger partial charge is 0.573 e. The van der Waals surface area contributed by atoms with Gasteiger partial charge in [-0.2, -0.15) is 0 Å². The summed E-state index contributed by atoms with van der Waals surface area (Å²) in [6.07, 6.45) is -4.81. The first kappa shape index (κ1) is 21.1. The van der Waals surface area contributed by atoms with Crippen molar-refractivity contribution < 1.29 is 22.7 Å². The van der Waals surface area contributed by atoms with Crippen LogP contribution in [0, 0.1) is 6.07 Å². The Labute approximate surface area is 190 Å². The molecule has 1 amide bonds. The van der Waals surface area contributed by atoms with Crippen LogP contribution >= 0.6 is 11.3 Å². The summed E-state index contributed by atoms with van der Waals surface area (Å²) in [6, 6.07) is 22.2. The van der Waals surface area contributed by atoms with E-state index in [2.05, 4.69) is 10.8 Å². The molecule has 0 spiro atoms. The molecule has 0 aliphatic heterocycles. The summed E-state index contributed by atoms with van der Waals surface area (Å²) in [5.41, 5.74) is 8.62. The van der Waals surface area contributed by atoms with Crippen LogP contribution in [0.1, 0.15) is 15.9 Å². The van der Waals surface area contributed by atoms with E-state index in [0.29, 0.717) is 27.4 Å². The third-order valence-electron chi connectivity index (χ3n) is 5.39. The second kappa shape index (κ2) is 7.97. The number of alkyl halides is 3. The smallest absolute Gasteiger partial charge is 0.405 e. The van der Waals surface area contributed by atoms with Gasteiger partial charge in [-0.25, -0.2) is 0 Å². The van der Waals surface area contributed by atoms with Crippen molar-refractivity contribution in [1.82, 2.24) is 4.57 Å². The van der Waals surface area contributed by atoms with E-state index in [9.17, 15) is 18.0 Å². The molecule has 4 nitrogen and oxygen atoms in total. The second-order valence-corrected chi connectivity index (χ2v) is 8.38. The molecule has 2 heterocycles. The van der Waals surface area contributed by atoms with E-state index in [0.717, 1.165) is 16.0 Å². The molecule has 5 rings (SSSR count). The zero-order valence-electron chi connectivity index (χ0n) is 17.0. The highest BCUT2D eigenvalue weighted by atomic mass is 32.1. The first-order valence-electron chi connectivity index (χ1n) is 9.96. The van der Waals surface area contributed by atoms with Crippen LogP contribution in [0.4, 0.5) is 13.2 Å². The van der Waals surface area contributed by atoms with Crippen LogP contribution < -0.4 is 10.5 Å². The third-order valence-corrected chi connectivity index (χ3v) is 6.31. The third kappa shape index (κ3) is 3.93. The number of ether oxygens (including phenoxy) is 1. The highest BCUT2D eigenvalue weighted by Gasteiger charge is 2.32. The van der Waals surface area contributed by atoms with Crippen LogP contribution in [0.25, 0.3) is 32.2 Å². The summed E-state index contributed by atoms with van der Waals surface area (Å²) in [6.45, 7) is 0.0935. The van der Waals surface area contributed by atoms with Gasteiger partial charge in [0.2, 0.25) is 5.91 Å². The maximum absolute atomic E-state index is 13.0. The number of amides is 1. The Morgan fingerprint density at radius 3 is 2.61 bits per heavy atom. The van der Waals surface area contributed by atoms with Crippen LogP contribution in [-0.4, -0.2) is 16.8 Å². The number of halogens is 3. The Bertz CT molecular complexity index is 1490. The van der Waals surface area contributed by atoms with Gasteiger partial charge >= 0.3 is 6.36 Å². The number of carbonyl (C=O) groups is 1. The number of fused-ring (bicyclic) bond motifs is 3. The van der Waals surface area contributed by atoms with Crippen LogP contribution in [0.2, 0.25) is 0 Å². The minimum atomic E-state index is -4.81. The van der Waals surface area contributed by atoms with Crippen LogP contribution in [0.15, 0.2) is 72.1 Å². The normalized spacial score (nSPS) is 11.8. The fourth-order valence-electron chi connectivity index (χ4n) is 4.05. The molecule has 3 aromatic carbocycles. The van der Waals surface area contributed by atoms with Crippen molar-refractivity contribution in [2.45, 2.75) is 12.9 Å². The number of thiophene rings is 1. The minimum absolute atomic E-state index is 0.0935. The van der Waals surface area contributed by atoms with Gasteiger partial charge in [0.05, 0.1) is 17.6 Å². The van der Waals surface area contributed by atoms with Crippen LogP contribution in [-0.2, 0) is 6.54 Å². The fraction of sp³-hybridized carbons (Fsp3) is 0.0800. The van der Waals surface area contributed by atoms with Crippen molar-refractivity contribution >= 4 is 39.0 Å². The maximum Gasteiger partial charge on any atom is 0.573 e. The lowest BCUT2D eigenvalue weighted by Crippen LogP contribution is -2.18. The van der Waals surface area contributed by atoms with E-state index in [-0.39, 0.29) is 12.3 Å². The van der Waals surface area contributed by atoms with E-state index in [1.165, 1.54) is 12.1 Å². The Morgan fingerprint density at radius 1 is 1.06 bits per heavy atom. The van der Waals surface area contributed by atoms with Gasteiger partial charge in [-0.3, -0.25) is 4.79 Å². The van der Waals surface area contributed by atoms with Crippen molar-refractivity contribution in [2.24, 2.45) is 5.73 Å². The highest BCUT2D eigenvalue weighted by molar-refractivity contribution is 7.13. The molecule has 5 aromatic rings. The molecule has 2 aromatic heterocycles. The summed E-state index contributed by atoms with van der Waals surface area (Å²) in [5.74, 6) is -0.861. The van der Waals surface area contributed by atoms with Gasteiger partial charge in [0.15, 0.2) is 0 Å². The molecule has 0 aliphatic rings. The Balaban J connectivity index is 1.76. The van der Waals surface area contributed by atoms with Crippen molar-refractivity contribution in [1.29, 1.82) is 0 Å². The molecule has 8 heteroatoms. The average molecular weight is 465 g/mol. The zero-order chi connectivity index (χ0) is 23.2. The number of carbonyl (C=O) groups excluding carboxylic acids is 1. The maximum atomic E-state index is 13.0. The van der Waals surface area contributed by atoms with Crippen molar-refractivity contribution in [3.8, 4) is 16.2 Å². The van der Waals surface area contributed by atoms with Crippen molar-refractivity contribution in [3.05, 3.63) is 89.3 Å². The van der Waals surface area contributed by atoms with E-state index in [1.54, 1.807) is 35.6 Å². The lowest BCUT2D eigenvalue weighted by atomic mass is 10.0. The van der Waals surface area contributed by atoms with Gasteiger partial charge in [-0.05, 0) is 53.4 Å². The number of para-hydroxylation sites is 1. The first-order valence-corrected chi connectivity index (χ1v) is 10.8. The SMILES string of the molecule is NC(=O)c1cccc2c1c1[c]cc(-c3cccs3)cc1n2Cc1ccccc1OC(F)(F)F. The summed E-state index contributed by atoms with van der Waals surface area (Å²) in [4.78, 5) is 13.2. The molecule has 0 unspecified atom stereocenters. The minimum Gasteiger partial charge on any atom is -0.405 e. The fourth-order valence-corrected chi connectivity index (χ4v) is 4.76. The summed E-state index contributed by atoms with van der Waals surface area (Å²) < 4.78 is 45.0. The number of hydrogen-bond acceptors (Lipinski definition) is 3. The second-order valence-electron chi connectivity index (χ2n) is 7.43. The zero-order valence-corrected chi connectivity index (χ0v) is 17.8. The lowest BCUT2D eigenvalue weighted by molar-refractivity contribution is -0.274. The number of aromatic nitrogens is 1. The molecular formula is C25H16F3N2O2S. The molecular weight excluding hydrogens is 449 g/mol. The van der Waals surface area contributed by atoms with E-state index >= 15 is 0 Å². The summed E-state index contributed by atoms with van der Waals surface area (Å²) in [7, 11) is 0. The van der Waals surface area contributed by atoms with Gasteiger partial charge in [0.1, 0.15) is 5.75 Å². The Kier molecular flexibility index (Phi) is 5.09. The molecule has 0 aliphatic carbocycles. The number of benzene rings is 3. The Hall–Kier alpha value is -3.78. The molecule has 1 radical (unpaired) electrons. The molecule has 0 fully saturated rings. The van der Waals surface area contributed by atoms with Gasteiger partial charge < -0.3 is 15.0 Å². The van der Waals surface area contributed by atoms with Gasteiger partial charge in [0, 0.05) is 26.8 Å². The molecule has 0 bridgehead atoms. The molecule has 2 N–H and O–H groups in total. The molecule has 0 saturated heterocycles. The molecule has 0 saturated carbocycles. The van der Waals surface area contributed by atoms with Crippen LogP contribution in [0.5, 0.6) is 5.75 Å². The van der Waals surface area contributed by atoms with E-state index in [1.807, 2.05) is 40.3 Å². The molecule has 0 atom stereocenters. The predicted octanol–water partition coefficient (Wildman–Crippen LogP) is 6.37. The van der Waals surface area contributed by atoms with E-state index in [4.69, 9.17) is 5.73 Å². The van der Waals surface area contributed by atoms with Gasteiger partial charge in [0.25, 0.3) is 0 Å². The topological polar surface area (TPSA) is 57.2 Å². The predicted molar refractivity (Wildman–Crippen MR) is 122 cm³/mol. The summed E-state index contributed by atoms with van der Waals surface area (Å²) >= 11 is 1.57. The standard InChI is InChI=1S/C25H16F3N2O2S/c26-25(27,28)32-21-8-2-1-5-16(21)14-30-19-7-3-6-18(24(29)31)23(19)17-11-10-15(13-20(17)30)22-9-4-12-33-22/h1-10,12-13H,14H2,(H2,29,31). The van der Waals surface area contributed by atoms with Crippen LogP contribution in [0.3, 0.4) is 0 Å². The number of nitrogens with two attached hydrogens (primary N) is 1.